The molecule has 1 aliphatic heterocycles. The maximum Gasteiger partial charge on any atom is 0.224 e. The molecule has 1 aliphatic rings. The number of nitrogens with one attached hydrogen (secondary N) is 1. The van der Waals surface area contributed by atoms with Crippen molar-refractivity contribution in [1.82, 2.24) is 0 Å². The number of anilines is 1. The van der Waals surface area contributed by atoms with Crippen molar-refractivity contribution < 1.29 is 13.9 Å². The predicted molar refractivity (Wildman–Crippen MR) is 81.8 cm³/mol. The summed E-state index contributed by atoms with van der Waals surface area (Å²) in [6.07, 6.45) is 1.21. The highest BCUT2D eigenvalue weighted by Gasteiger charge is 2.15. The van der Waals surface area contributed by atoms with E-state index in [1.807, 2.05) is 18.2 Å². The van der Waals surface area contributed by atoms with E-state index in [0.717, 1.165) is 16.8 Å². The van der Waals surface area contributed by atoms with Crippen LogP contribution in [0.4, 0.5) is 10.1 Å². The van der Waals surface area contributed by atoms with Crippen LogP contribution in [0.1, 0.15) is 17.5 Å². The van der Waals surface area contributed by atoms with Crippen molar-refractivity contribution in [3.05, 3.63) is 57.8 Å². The first-order chi connectivity index (χ1) is 10.1. The fraction of sp³-hybridized carbons (Fsp3) is 0.188. The Morgan fingerprint density at radius 3 is 2.86 bits per heavy atom. The molecule has 1 amide bonds. The molecule has 2 aromatic carbocycles. The number of aryl methyl sites for hydroxylation is 1. The number of carbonyl (C=O) groups excluding carboxylic acids is 1. The van der Waals surface area contributed by atoms with Gasteiger partial charge in [0.2, 0.25) is 5.91 Å². The third-order valence-corrected chi connectivity index (χ3v) is 3.76. The summed E-state index contributed by atoms with van der Waals surface area (Å²) >= 11 is 3.26. The summed E-state index contributed by atoms with van der Waals surface area (Å²) in [6, 6.07) is 10.2. The molecule has 0 aliphatic carbocycles. The number of halogens is 2. The van der Waals surface area contributed by atoms with Crippen molar-refractivity contribution in [3.63, 3.8) is 0 Å². The lowest BCUT2D eigenvalue weighted by Gasteiger charge is -2.17. The summed E-state index contributed by atoms with van der Waals surface area (Å²) in [6.45, 7) is 0.293. The van der Waals surface area contributed by atoms with Crippen LogP contribution in [-0.4, -0.2) is 5.91 Å². The van der Waals surface area contributed by atoms with E-state index < -0.39 is 0 Å². The molecule has 2 aromatic rings. The van der Waals surface area contributed by atoms with Crippen LogP contribution in [0.15, 0.2) is 40.9 Å². The Balaban J connectivity index is 1.72. The number of hydrogen-bond acceptors (Lipinski definition) is 2. The molecule has 0 radical (unpaired) electrons. The third-order valence-electron chi connectivity index (χ3n) is 3.30. The highest BCUT2D eigenvalue weighted by molar-refractivity contribution is 9.10. The van der Waals surface area contributed by atoms with Gasteiger partial charge in [0.1, 0.15) is 18.2 Å². The molecule has 5 heteroatoms. The van der Waals surface area contributed by atoms with Gasteiger partial charge in [-0.15, -0.1) is 0 Å². The minimum Gasteiger partial charge on any atom is -0.489 e. The highest BCUT2D eigenvalue weighted by atomic mass is 79.9. The molecular formula is C16H13BrFNO2. The van der Waals surface area contributed by atoms with E-state index in [4.69, 9.17) is 4.74 Å². The largest absolute Gasteiger partial charge is 0.489 e. The zero-order valence-electron chi connectivity index (χ0n) is 11.2. The lowest BCUT2D eigenvalue weighted by atomic mass is 10.0. The molecular weight excluding hydrogens is 337 g/mol. The van der Waals surface area contributed by atoms with Crippen LogP contribution in [-0.2, 0) is 17.8 Å². The number of carbonyl (C=O) groups is 1. The molecule has 3 nitrogen and oxygen atoms in total. The van der Waals surface area contributed by atoms with E-state index >= 15 is 0 Å². The van der Waals surface area contributed by atoms with Crippen molar-refractivity contribution in [1.29, 1.82) is 0 Å². The normalized spacial score (nSPS) is 13.5. The molecule has 0 spiro atoms. The van der Waals surface area contributed by atoms with E-state index in [2.05, 4.69) is 21.2 Å². The Hall–Kier alpha value is -1.88. The lowest BCUT2D eigenvalue weighted by molar-refractivity contribution is -0.116. The van der Waals surface area contributed by atoms with E-state index in [1.54, 1.807) is 6.07 Å². The average molecular weight is 350 g/mol. The second kappa shape index (κ2) is 5.85. The number of hydrogen-bond donors (Lipinski definition) is 1. The van der Waals surface area contributed by atoms with E-state index in [9.17, 15) is 9.18 Å². The fourth-order valence-corrected chi connectivity index (χ4v) is 2.82. The summed E-state index contributed by atoms with van der Waals surface area (Å²) in [5.41, 5.74) is 2.66. The monoisotopic (exact) mass is 349 g/mol. The average Bonchev–Trinajstić information content (AvgIpc) is 2.44. The zero-order valence-corrected chi connectivity index (χ0v) is 12.7. The van der Waals surface area contributed by atoms with Crippen LogP contribution in [0.5, 0.6) is 5.75 Å². The molecule has 0 saturated heterocycles. The Morgan fingerprint density at radius 2 is 2.05 bits per heavy atom. The Kier molecular flexibility index (Phi) is 3.92. The van der Waals surface area contributed by atoms with Crippen LogP contribution in [0.2, 0.25) is 0 Å². The predicted octanol–water partition coefficient (Wildman–Crippen LogP) is 4.05. The molecule has 108 valence electrons. The summed E-state index contributed by atoms with van der Waals surface area (Å²) in [4.78, 5) is 11.3. The van der Waals surface area contributed by atoms with Gasteiger partial charge in [-0.2, -0.15) is 0 Å². The minimum atomic E-state index is -0.295. The second-order valence-corrected chi connectivity index (χ2v) is 5.85. The van der Waals surface area contributed by atoms with Crippen molar-refractivity contribution in [3.8, 4) is 5.75 Å². The molecule has 0 aromatic heterocycles. The van der Waals surface area contributed by atoms with Crippen LogP contribution >= 0.6 is 15.9 Å². The molecule has 1 N–H and O–H groups in total. The maximum absolute atomic E-state index is 13.3. The zero-order chi connectivity index (χ0) is 14.8. The smallest absolute Gasteiger partial charge is 0.224 e. The standard InChI is InChI=1S/C16H13BrFNO2/c17-12-5-10(6-13(18)8-12)9-21-14-2-3-15-11(7-14)1-4-16(20)19-15/h2-3,5-8H,1,4,9H2,(H,19,20). The van der Waals surface area contributed by atoms with E-state index in [0.29, 0.717) is 29.7 Å². The van der Waals surface area contributed by atoms with E-state index in [-0.39, 0.29) is 11.7 Å². The number of fused-ring (bicyclic) bond motifs is 1. The summed E-state index contributed by atoms with van der Waals surface area (Å²) in [7, 11) is 0. The molecule has 0 fully saturated rings. The Bertz CT molecular complexity index is 682. The first kappa shape index (κ1) is 14.1. The van der Waals surface area contributed by atoms with Gasteiger partial charge in [0.05, 0.1) is 0 Å². The maximum atomic E-state index is 13.3. The molecule has 0 unspecified atom stereocenters. The van der Waals surface area contributed by atoms with Gasteiger partial charge in [-0.05, 0) is 53.9 Å². The second-order valence-electron chi connectivity index (χ2n) is 4.93. The number of ether oxygens (including phenoxy) is 1. The van der Waals surface area contributed by atoms with Crippen LogP contribution in [0.3, 0.4) is 0 Å². The van der Waals surface area contributed by atoms with Gasteiger partial charge in [0, 0.05) is 16.6 Å². The highest BCUT2D eigenvalue weighted by Crippen LogP contribution is 2.27. The first-order valence-corrected chi connectivity index (χ1v) is 7.40. The van der Waals surface area contributed by atoms with Gasteiger partial charge in [-0.3, -0.25) is 4.79 Å². The van der Waals surface area contributed by atoms with Gasteiger partial charge in [-0.25, -0.2) is 4.39 Å². The molecule has 0 atom stereocenters. The fourth-order valence-electron chi connectivity index (χ4n) is 2.31. The number of rotatable bonds is 3. The van der Waals surface area contributed by atoms with Gasteiger partial charge in [0.25, 0.3) is 0 Å². The lowest BCUT2D eigenvalue weighted by Crippen LogP contribution is -2.18. The number of benzene rings is 2. The van der Waals surface area contributed by atoms with Gasteiger partial charge >= 0.3 is 0 Å². The molecule has 1 heterocycles. The first-order valence-electron chi connectivity index (χ1n) is 6.61. The van der Waals surface area contributed by atoms with Crippen LogP contribution < -0.4 is 10.1 Å². The summed E-state index contributed by atoms with van der Waals surface area (Å²) in [5.74, 6) is 0.460. The quantitative estimate of drug-likeness (QED) is 0.907. The SMILES string of the molecule is O=C1CCc2cc(OCc3cc(F)cc(Br)c3)ccc2N1. The minimum absolute atomic E-state index is 0.0424. The van der Waals surface area contributed by atoms with Gasteiger partial charge in [0.15, 0.2) is 0 Å². The number of amides is 1. The van der Waals surface area contributed by atoms with Crippen LogP contribution in [0.25, 0.3) is 0 Å². The topological polar surface area (TPSA) is 38.3 Å². The molecule has 0 bridgehead atoms. The van der Waals surface area contributed by atoms with E-state index in [1.165, 1.54) is 12.1 Å². The van der Waals surface area contributed by atoms with Gasteiger partial charge in [-0.1, -0.05) is 15.9 Å². The van der Waals surface area contributed by atoms with Gasteiger partial charge < -0.3 is 10.1 Å². The Labute approximate surface area is 130 Å². The molecule has 3 rings (SSSR count). The van der Waals surface area contributed by atoms with Crippen molar-refractivity contribution in [2.24, 2.45) is 0 Å². The van der Waals surface area contributed by atoms with Crippen molar-refractivity contribution >= 4 is 27.5 Å². The molecule has 0 saturated carbocycles. The summed E-state index contributed by atoms with van der Waals surface area (Å²) in [5, 5.41) is 2.83. The van der Waals surface area contributed by atoms with Crippen molar-refractivity contribution in [2.45, 2.75) is 19.4 Å². The Morgan fingerprint density at radius 1 is 1.19 bits per heavy atom. The molecule has 21 heavy (non-hydrogen) atoms. The van der Waals surface area contributed by atoms with Crippen molar-refractivity contribution in [2.75, 3.05) is 5.32 Å². The third kappa shape index (κ3) is 3.42. The van der Waals surface area contributed by atoms with Crippen LogP contribution in [0, 0.1) is 5.82 Å². The summed E-state index contributed by atoms with van der Waals surface area (Å²) < 4.78 is 19.7.